The van der Waals surface area contributed by atoms with Crippen molar-refractivity contribution >= 4 is 0 Å². The van der Waals surface area contributed by atoms with E-state index in [1.165, 1.54) is 11.1 Å². The second-order valence-corrected chi connectivity index (χ2v) is 7.80. The van der Waals surface area contributed by atoms with Gasteiger partial charge in [0.1, 0.15) is 17.1 Å². The van der Waals surface area contributed by atoms with Crippen molar-refractivity contribution < 1.29 is 14.9 Å². The molecule has 0 amide bonds. The molecule has 3 nitrogen and oxygen atoms in total. The second kappa shape index (κ2) is 8.09. The highest BCUT2D eigenvalue weighted by Gasteiger charge is 2.40. The summed E-state index contributed by atoms with van der Waals surface area (Å²) < 4.78 is 6.14. The largest absolute Gasteiger partial charge is 0.508 e. The van der Waals surface area contributed by atoms with E-state index in [1.54, 1.807) is 6.07 Å². The number of allylic oxidation sites excluding steroid dienone is 4. The molecule has 2 atom stereocenters. The number of rotatable bonds is 6. The van der Waals surface area contributed by atoms with Crippen molar-refractivity contribution in [1.29, 1.82) is 0 Å². The summed E-state index contributed by atoms with van der Waals surface area (Å²) in [5, 5.41) is 20.7. The van der Waals surface area contributed by atoms with Crippen molar-refractivity contribution in [3.05, 3.63) is 46.6 Å². The molecule has 3 heteroatoms. The summed E-state index contributed by atoms with van der Waals surface area (Å²) in [6.07, 6.45) is 8.11. The van der Waals surface area contributed by atoms with Crippen molar-refractivity contribution in [2.75, 3.05) is 0 Å². The van der Waals surface area contributed by atoms with Crippen LogP contribution in [0.2, 0.25) is 0 Å². The minimum atomic E-state index is -0.621. The minimum Gasteiger partial charge on any atom is -0.508 e. The fourth-order valence-corrected chi connectivity index (χ4v) is 3.30. The third-order valence-corrected chi connectivity index (χ3v) is 5.00. The number of aliphatic hydroxyl groups excluding tert-OH is 1. The average Bonchev–Trinajstić information content (AvgIpc) is 2.49. The van der Waals surface area contributed by atoms with Gasteiger partial charge in [0, 0.05) is 12.0 Å². The lowest BCUT2D eigenvalue weighted by atomic mass is 9.85. The van der Waals surface area contributed by atoms with Gasteiger partial charge in [-0.1, -0.05) is 23.3 Å². The predicted molar refractivity (Wildman–Crippen MR) is 103 cm³/mol. The van der Waals surface area contributed by atoms with Gasteiger partial charge in [-0.25, -0.2) is 0 Å². The normalized spacial score (nSPS) is 23.0. The summed E-state index contributed by atoms with van der Waals surface area (Å²) in [6.45, 7) is 10.3. The molecule has 25 heavy (non-hydrogen) atoms. The fraction of sp³-hybridized carbons (Fsp3) is 0.545. The molecule has 0 spiro atoms. The van der Waals surface area contributed by atoms with Crippen molar-refractivity contribution in [3.8, 4) is 11.5 Å². The summed E-state index contributed by atoms with van der Waals surface area (Å²) in [4.78, 5) is 0. The van der Waals surface area contributed by atoms with E-state index in [4.69, 9.17) is 4.74 Å². The number of aromatic hydroxyl groups is 1. The molecule has 0 bridgehead atoms. The molecule has 1 aliphatic rings. The van der Waals surface area contributed by atoms with Crippen molar-refractivity contribution in [2.45, 2.75) is 78.4 Å². The van der Waals surface area contributed by atoms with E-state index < -0.39 is 11.7 Å². The molecular formula is C22H32O3. The van der Waals surface area contributed by atoms with Crippen LogP contribution >= 0.6 is 0 Å². The lowest BCUT2D eigenvalue weighted by Gasteiger charge is -2.40. The van der Waals surface area contributed by atoms with Crippen molar-refractivity contribution in [3.63, 3.8) is 0 Å². The lowest BCUT2D eigenvalue weighted by molar-refractivity contribution is -0.0592. The van der Waals surface area contributed by atoms with E-state index in [-0.39, 0.29) is 5.75 Å². The monoisotopic (exact) mass is 344 g/mol. The highest BCUT2D eigenvalue weighted by atomic mass is 16.5. The van der Waals surface area contributed by atoms with E-state index in [1.807, 2.05) is 19.9 Å². The zero-order valence-corrected chi connectivity index (χ0v) is 16.2. The maximum absolute atomic E-state index is 10.6. The highest BCUT2D eigenvalue weighted by Crippen LogP contribution is 2.40. The summed E-state index contributed by atoms with van der Waals surface area (Å²) in [5.74, 6) is 0.917. The van der Waals surface area contributed by atoms with Crippen LogP contribution in [0.15, 0.2) is 35.4 Å². The summed E-state index contributed by atoms with van der Waals surface area (Å²) in [5.41, 5.74) is 3.79. The molecule has 2 rings (SSSR count). The number of phenolic OH excluding ortho intramolecular Hbond substituents is 1. The van der Waals surface area contributed by atoms with Crippen LogP contribution in [0.1, 0.15) is 64.5 Å². The standard InChI is InChI=1S/C22H32O3/c1-15(2)8-6-9-16(3)10-7-11-22(5)21(24)14-18-19(23)12-17(4)13-20(18)25-22/h8,10,12-13,21,23-24H,6-7,9,11,14H2,1-5H3/b16-10+/t21-,22-/m0/s1. The maximum Gasteiger partial charge on any atom is 0.133 e. The Labute approximate surface area is 152 Å². The number of aryl methyl sites for hydroxylation is 1. The maximum atomic E-state index is 10.6. The first-order valence-electron chi connectivity index (χ1n) is 9.20. The molecule has 0 unspecified atom stereocenters. The topological polar surface area (TPSA) is 49.7 Å². The Kier molecular flexibility index (Phi) is 6.34. The Morgan fingerprint density at radius 2 is 1.96 bits per heavy atom. The summed E-state index contributed by atoms with van der Waals surface area (Å²) in [6, 6.07) is 3.66. The number of aliphatic hydroxyl groups is 1. The Hall–Kier alpha value is -1.74. The van der Waals surface area contributed by atoms with Crippen LogP contribution in [0.3, 0.4) is 0 Å². The molecular weight excluding hydrogens is 312 g/mol. The van der Waals surface area contributed by atoms with E-state index in [2.05, 4.69) is 32.9 Å². The van der Waals surface area contributed by atoms with E-state index in [0.29, 0.717) is 17.7 Å². The summed E-state index contributed by atoms with van der Waals surface area (Å²) in [7, 11) is 0. The van der Waals surface area contributed by atoms with Gasteiger partial charge in [0.15, 0.2) is 0 Å². The molecule has 2 N–H and O–H groups in total. The molecule has 0 aromatic heterocycles. The smallest absolute Gasteiger partial charge is 0.133 e. The van der Waals surface area contributed by atoms with Gasteiger partial charge in [-0.05, 0) is 78.0 Å². The zero-order chi connectivity index (χ0) is 18.6. The summed E-state index contributed by atoms with van der Waals surface area (Å²) >= 11 is 0. The van der Waals surface area contributed by atoms with Gasteiger partial charge in [-0.3, -0.25) is 0 Å². The van der Waals surface area contributed by atoms with Crippen LogP contribution in [0.5, 0.6) is 11.5 Å². The lowest BCUT2D eigenvalue weighted by Crippen LogP contribution is -2.48. The number of hydrogen-bond donors (Lipinski definition) is 2. The van der Waals surface area contributed by atoms with Crippen LogP contribution in [0.25, 0.3) is 0 Å². The Bertz CT molecular complexity index is 668. The van der Waals surface area contributed by atoms with E-state index in [0.717, 1.165) is 31.2 Å². The number of ether oxygens (including phenoxy) is 1. The van der Waals surface area contributed by atoms with Crippen LogP contribution in [0.4, 0.5) is 0 Å². The molecule has 1 aromatic carbocycles. The van der Waals surface area contributed by atoms with Crippen LogP contribution < -0.4 is 4.74 Å². The van der Waals surface area contributed by atoms with Gasteiger partial charge in [0.25, 0.3) is 0 Å². The molecule has 0 aliphatic carbocycles. The number of phenols is 1. The molecule has 1 aliphatic heterocycles. The van der Waals surface area contributed by atoms with Gasteiger partial charge in [0.05, 0.1) is 6.10 Å². The van der Waals surface area contributed by atoms with E-state index in [9.17, 15) is 10.2 Å². The molecule has 1 heterocycles. The van der Waals surface area contributed by atoms with Gasteiger partial charge < -0.3 is 14.9 Å². The van der Waals surface area contributed by atoms with Crippen LogP contribution in [-0.2, 0) is 6.42 Å². The predicted octanol–water partition coefficient (Wildman–Crippen LogP) is 5.23. The zero-order valence-electron chi connectivity index (χ0n) is 16.2. The third-order valence-electron chi connectivity index (χ3n) is 5.00. The first-order chi connectivity index (χ1) is 11.7. The SMILES string of the molecule is CC(C)=CCC/C(C)=C/CC[C@]1(C)Oc2cc(C)cc(O)c2C[C@@H]1O. The Morgan fingerprint density at radius 1 is 1.24 bits per heavy atom. The molecule has 138 valence electrons. The fourth-order valence-electron chi connectivity index (χ4n) is 3.30. The molecule has 0 fully saturated rings. The first-order valence-corrected chi connectivity index (χ1v) is 9.20. The number of benzene rings is 1. The Balaban J connectivity index is 2.00. The molecule has 0 saturated heterocycles. The first kappa shape index (κ1) is 19.6. The highest BCUT2D eigenvalue weighted by molar-refractivity contribution is 5.49. The van der Waals surface area contributed by atoms with Gasteiger partial charge >= 0.3 is 0 Å². The van der Waals surface area contributed by atoms with Crippen LogP contribution in [-0.4, -0.2) is 21.9 Å². The van der Waals surface area contributed by atoms with Gasteiger partial charge in [-0.2, -0.15) is 0 Å². The third kappa shape index (κ3) is 5.12. The molecule has 0 saturated carbocycles. The average molecular weight is 344 g/mol. The van der Waals surface area contributed by atoms with Gasteiger partial charge in [0.2, 0.25) is 0 Å². The van der Waals surface area contributed by atoms with Crippen molar-refractivity contribution in [2.24, 2.45) is 0 Å². The number of hydrogen-bond acceptors (Lipinski definition) is 3. The number of fused-ring (bicyclic) bond motifs is 1. The second-order valence-electron chi connectivity index (χ2n) is 7.80. The van der Waals surface area contributed by atoms with E-state index >= 15 is 0 Å². The minimum absolute atomic E-state index is 0.214. The quantitative estimate of drug-likeness (QED) is 0.695. The van der Waals surface area contributed by atoms with Crippen LogP contribution in [0, 0.1) is 6.92 Å². The molecule has 0 radical (unpaired) electrons. The van der Waals surface area contributed by atoms with Gasteiger partial charge in [-0.15, -0.1) is 0 Å². The van der Waals surface area contributed by atoms with Crippen molar-refractivity contribution in [1.82, 2.24) is 0 Å². The Morgan fingerprint density at radius 3 is 2.64 bits per heavy atom. The molecule has 1 aromatic rings.